The maximum Gasteiger partial charge on any atom is 0.339 e. The molecule has 0 saturated carbocycles. The van der Waals surface area contributed by atoms with Crippen molar-refractivity contribution in [1.29, 1.82) is 0 Å². The summed E-state index contributed by atoms with van der Waals surface area (Å²) in [4.78, 5) is 24.0. The molecule has 0 amide bonds. The summed E-state index contributed by atoms with van der Waals surface area (Å²) in [6, 6.07) is 4.88. The van der Waals surface area contributed by atoms with Crippen molar-refractivity contribution in [3.8, 4) is 0 Å². The largest absolute Gasteiger partial charge is 0.465 e. The van der Waals surface area contributed by atoms with Gasteiger partial charge in [-0.15, -0.1) is 0 Å². The second-order valence-corrected chi connectivity index (χ2v) is 5.85. The summed E-state index contributed by atoms with van der Waals surface area (Å²) in [7, 11) is 1.29. The Kier molecular flexibility index (Phi) is 6.83. The van der Waals surface area contributed by atoms with E-state index >= 15 is 0 Å². The molecule has 0 radical (unpaired) electrons. The lowest BCUT2D eigenvalue weighted by atomic mass is 9.93. The zero-order valence-corrected chi connectivity index (χ0v) is 13.8. The van der Waals surface area contributed by atoms with Crippen molar-refractivity contribution < 1.29 is 14.3 Å². The van der Waals surface area contributed by atoms with E-state index in [1.165, 1.54) is 12.7 Å². The summed E-state index contributed by atoms with van der Waals surface area (Å²) in [5.41, 5.74) is 8.08. The van der Waals surface area contributed by atoms with Crippen molar-refractivity contribution in [2.45, 2.75) is 40.0 Å². The van der Waals surface area contributed by atoms with E-state index in [2.05, 4.69) is 31.6 Å². The minimum absolute atomic E-state index is 0.0343. The van der Waals surface area contributed by atoms with Crippen LogP contribution in [0.1, 0.15) is 60.7 Å². The van der Waals surface area contributed by atoms with Crippen LogP contribution < -0.4 is 5.73 Å². The summed E-state index contributed by atoms with van der Waals surface area (Å²) < 4.78 is 4.67. The van der Waals surface area contributed by atoms with Crippen LogP contribution in [0.4, 0.5) is 5.69 Å². The van der Waals surface area contributed by atoms with Crippen LogP contribution >= 0.6 is 0 Å². The molecule has 0 spiro atoms. The fourth-order valence-corrected chi connectivity index (χ4v) is 2.28. The number of carbonyl (C=O) groups is 2. The third-order valence-corrected chi connectivity index (χ3v) is 3.56. The number of anilines is 1. The zero-order chi connectivity index (χ0) is 16.7. The molecule has 1 aromatic carbocycles. The number of hydrogen-bond donors (Lipinski definition) is 1. The van der Waals surface area contributed by atoms with Crippen molar-refractivity contribution in [2.75, 3.05) is 12.8 Å². The van der Waals surface area contributed by atoms with Gasteiger partial charge in [0.15, 0.2) is 5.78 Å². The molecule has 22 heavy (non-hydrogen) atoms. The Morgan fingerprint density at radius 3 is 2.50 bits per heavy atom. The second-order valence-electron chi connectivity index (χ2n) is 5.85. The first-order valence-electron chi connectivity index (χ1n) is 7.50. The van der Waals surface area contributed by atoms with Crippen LogP contribution in [0.25, 0.3) is 0 Å². The van der Waals surface area contributed by atoms with Gasteiger partial charge in [-0.25, -0.2) is 4.79 Å². The van der Waals surface area contributed by atoms with Gasteiger partial charge in [-0.1, -0.05) is 24.6 Å². The average molecular weight is 303 g/mol. The van der Waals surface area contributed by atoms with Crippen LogP contribution in [0.3, 0.4) is 0 Å². The predicted molar refractivity (Wildman–Crippen MR) is 89.0 cm³/mol. The van der Waals surface area contributed by atoms with E-state index in [1.807, 2.05) is 0 Å². The summed E-state index contributed by atoms with van der Waals surface area (Å²) in [6.07, 6.45) is 4.51. The SMILES string of the molecule is COC(=O)c1cccc(C(=O)C[C@H](C)CCC=C(C)C)c1N. The minimum Gasteiger partial charge on any atom is -0.465 e. The quantitative estimate of drug-likeness (QED) is 0.357. The highest BCUT2D eigenvalue weighted by atomic mass is 16.5. The van der Waals surface area contributed by atoms with Gasteiger partial charge in [-0.2, -0.15) is 0 Å². The fraction of sp³-hybridized carbons (Fsp3) is 0.444. The Bertz CT molecular complexity index is 572. The highest BCUT2D eigenvalue weighted by Gasteiger charge is 2.18. The van der Waals surface area contributed by atoms with E-state index in [1.54, 1.807) is 18.2 Å². The first-order chi connectivity index (χ1) is 10.4. The molecule has 0 aliphatic heterocycles. The van der Waals surface area contributed by atoms with Gasteiger partial charge < -0.3 is 10.5 Å². The number of para-hydroxylation sites is 1. The van der Waals surface area contributed by atoms with E-state index in [9.17, 15) is 9.59 Å². The smallest absolute Gasteiger partial charge is 0.339 e. The van der Waals surface area contributed by atoms with E-state index in [4.69, 9.17) is 5.73 Å². The molecule has 4 nitrogen and oxygen atoms in total. The Morgan fingerprint density at radius 1 is 1.27 bits per heavy atom. The average Bonchev–Trinajstić information content (AvgIpc) is 2.46. The molecular formula is C18H25NO3. The Hall–Kier alpha value is -2.10. The van der Waals surface area contributed by atoms with Gasteiger partial charge >= 0.3 is 5.97 Å². The monoisotopic (exact) mass is 303 g/mol. The van der Waals surface area contributed by atoms with Gasteiger partial charge in [0.25, 0.3) is 0 Å². The zero-order valence-electron chi connectivity index (χ0n) is 13.8. The molecule has 4 heteroatoms. The van der Waals surface area contributed by atoms with Crippen molar-refractivity contribution >= 4 is 17.4 Å². The molecule has 0 bridgehead atoms. The maximum atomic E-state index is 12.4. The number of Topliss-reactive ketones (excluding diaryl/α,β-unsaturated/α-hetero) is 1. The van der Waals surface area contributed by atoms with Crippen LogP contribution in [0.2, 0.25) is 0 Å². The third kappa shape index (κ3) is 5.02. The molecule has 0 aliphatic carbocycles. The number of benzene rings is 1. The van der Waals surface area contributed by atoms with Gasteiger partial charge in [-0.05, 0) is 44.7 Å². The van der Waals surface area contributed by atoms with Crippen LogP contribution in [0.5, 0.6) is 0 Å². The fourth-order valence-electron chi connectivity index (χ4n) is 2.28. The van der Waals surface area contributed by atoms with Gasteiger partial charge in [0.2, 0.25) is 0 Å². The topological polar surface area (TPSA) is 69.4 Å². The lowest BCUT2D eigenvalue weighted by Gasteiger charge is -2.12. The molecule has 0 saturated heterocycles. The lowest BCUT2D eigenvalue weighted by molar-refractivity contribution is 0.0602. The van der Waals surface area contributed by atoms with Gasteiger partial charge in [0.05, 0.1) is 18.4 Å². The predicted octanol–water partition coefficient (Wildman–Crippen LogP) is 4.01. The minimum atomic E-state index is -0.524. The number of ketones is 1. The number of carbonyl (C=O) groups excluding carboxylic acids is 2. The molecule has 120 valence electrons. The number of nitrogen functional groups attached to an aromatic ring is 1. The first-order valence-corrected chi connectivity index (χ1v) is 7.50. The highest BCUT2D eigenvalue weighted by Crippen LogP contribution is 2.23. The number of methoxy groups -OCH3 is 1. The van der Waals surface area contributed by atoms with Crippen molar-refractivity contribution in [3.05, 3.63) is 41.0 Å². The first kappa shape index (κ1) is 18.0. The summed E-state index contributed by atoms with van der Waals surface area (Å²) in [5, 5.41) is 0. The third-order valence-electron chi connectivity index (χ3n) is 3.56. The molecule has 1 rings (SSSR count). The van der Waals surface area contributed by atoms with E-state index in [0.29, 0.717) is 12.0 Å². The number of rotatable bonds is 7. The van der Waals surface area contributed by atoms with Crippen molar-refractivity contribution in [2.24, 2.45) is 5.92 Å². The van der Waals surface area contributed by atoms with Crippen LogP contribution in [-0.2, 0) is 4.74 Å². The molecule has 2 N–H and O–H groups in total. The van der Waals surface area contributed by atoms with Gasteiger partial charge in [-0.3, -0.25) is 4.79 Å². The second kappa shape index (κ2) is 8.37. The molecule has 0 fully saturated rings. The van der Waals surface area contributed by atoms with Crippen molar-refractivity contribution in [1.82, 2.24) is 0 Å². The number of nitrogens with two attached hydrogens (primary N) is 1. The van der Waals surface area contributed by atoms with Crippen molar-refractivity contribution in [3.63, 3.8) is 0 Å². The lowest BCUT2D eigenvalue weighted by Crippen LogP contribution is -2.13. The molecule has 0 unspecified atom stereocenters. The molecule has 0 aromatic heterocycles. The Balaban J connectivity index is 2.77. The number of hydrogen-bond acceptors (Lipinski definition) is 4. The number of esters is 1. The van der Waals surface area contributed by atoms with Crippen LogP contribution in [0, 0.1) is 5.92 Å². The molecule has 0 heterocycles. The van der Waals surface area contributed by atoms with Crippen LogP contribution in [0.15, 0.2) is 29.8 Å². The molecule has 1 aromatic rings. The Labute approximate surface area is 132 Å². The normalized spacial score (nSPS) is 11.6. The molecule has 0 aliphatic rings. The Morgan fingerprint density at radius 2 is 1.91 bits per heavy atom. The highest BCUT2D eigenvalue weighted by molar-refractivity contribution is 6.06. The number of allylic oxidation sites excluding steroid dienone is 2. The number of ether oxygens (including phenoxy) is 1. The standard InChI is InChI=1S/C18H25NO3/c1-12(2)7-5-8-13(3)11-16(20)14-9-6-10-15(17(14)19)18(21)22-4/h6-7,9-10,13H,5,8,11,19H2,1-4H3/t13-/m1/s1. The molecular weight excluding hydrogens is 278 g/mol. The van der Waals surface area contributed by atoms with E-state index in [0.717, 1.165) is 12.8 Å². The van der Waals surface area contributed by atoms with E-state index in [-0.39, 0.29) is 23.0 Å². The summed E-state index contributed by atoms with van der Waals surface area (Å²) in [5.74, 6) is -0.291. The maximum absolute atomic E-state index is 12.4. The summed E-state index contributed by atoms with van der Waals surface area (Å²) >= 11 is 0. The van der Waals surface area contributed by atoms with Crippen LogP contribution in [-0.4, -0.2) is 18.9 Å². The van der Waals surface area contributed by atoms with Gasteiger partial charge in [0, 0.05) is 12.0 Å². The molecule has 1 atom stereocenters. The summed E-state index contributed by atoms with van der Waals surface area (Å²) in [6.45, 7) is 6.18. The van der Waals surface area contributed by atoms with E-state index < -0.39 is 5.97 Å². The van der Waals surface area contributed by atoms with Gasteiger partial charge in [0.1, 0.15) is 0 Å².